The molecular weight excluding hydrogens is 316 g/mol. The number of unbranched alkanes of at least 4 members (excludes halogenated alkanes) is 9. The van der Waals surface area contributed by atoms with Crippen LogP contribution in [0.5, 0.6) is 0 Å². The summed E-state index contributed by atoms with van der Waals surface area (Å²) < 4.78 is 4.80. The van der Waals surface area contributed by atoms with Crippen LogP contribution in [-0.2, 0) is 6.42 Å². The zero-order chi connectivity index (χ0) is 18.6. The fourth-order valence-electron chi connectivity index (χ4n) is 3.75. The molecule has 0 saturated carbocycles. The fraction of sp³-hybridized carbons (Fsp3) is 0.625. The molecule has 2 nitrogen and oxygen atoms in total. The minimum absolute atomic E-state index is 0.512. The number of nitrogens with zero attached hydrogens (tertiary/aromatic N) is 2. The molecular formula is C24H39N2+. The van der Waals surface area contributed by atoms with Crippen molar-refractivity contribution in [3.63, 3.8) is 0 Å². The van der Waals surface area contributed by atoms with Gasteiger partial charge in [0.2, 0.25) is 0 Å². The fourth-order valence-corrected chi connectivity index (χ4v) is 3.75. The summed E-state index contributed by atoms with van der Waals surface area (Å²) in [5, 5.41) is 0. The van der Waals surface area contributed by atoms with Crippen LogP contribution in [-0.4, -0.2) is 4.57 Å². The van der Waals surface area contributed by atoms with Gasteiger partial charge in [0.15, 0.2) is 0 Å². The molecule has 0 aliphatic carbocycles. The third-order valence-electron chi connectivity index (χ3n) is 5.30. The lowest BCUT2D eigenvalue weighted by Crippen LogP contribution is -2.39. The maximum Gasteiger partial charge on any atom is 0.261 e. The summed E-state index contributed by atoms with van der Waals surface area (Å²) in [4.78, 5) is 0. The van der Waals surface area contributed by atoms with Gasteiger partial charge >= 0.3 is 0 Å². The van der Waals surface area contributed by atoms with Crippen LogP contribution in [0.15, 0.2) is 42.7 Å². The van der Waals surface area contributed by atoms with Crippen molar-refractivity contribution in [3.05, 3.63) is 48.5 Å². The smallest absolute Gasteiger partial charge is 0.232 e. The van der Waals surface area contributed by atoms with Crippen LogP contribution in [0.4, 0.5) is 0 Å². The third-order valence-corrected chi connectivity index (χ3v) is 5.30. The standard InChI is InChI=1S/C24H39N2/c1-4-5-6-7-8-9-10-11-12-16-19-24-25(22(2)3)20-21-26(24)23-17-14-13-15-18-23/h13-15,17-18,20-22H,4-12,16,19H2,1-3H3/q+1. The Bertz CT molecular complexity index is 598. The van der Waals surface area contributed by atoms with E-state index >= 15 is 0 Å². The summed E-state index contributed by atoms with van der Waals surface area (Å²) in [5.74, 6) is 1.44. The van der Waals surface area contributed by atoms with E-state index in [1.807, 2.05) is 0 Å². The van der Waals surface area contributed by atoms with Crippen LogP contribution < -0.4 is 4.57 Å². The van der Waals surface area contributed by atoms with Crippen LogP contribution >= 0.6 is 0 Å². The molecule has 2 rings (SSSR count). The van der Waals surface area contributed by atoms with E-state index in [-0.39, 0.29) is 0 Å². The first kappa shape index (κ1) is 20.7. The molecule has 2 aromatic rings. The average Bonchev–Trinajstić information content (AvgIpc) is 3.08. The molecule has 0 amide bonds. The molecule has 0 N–H and O–H groups in total. The van der Waals surface area contributed by atoms with E-state index in [9.17, 15) is 0 Å². The van der Waals surface area contributed by atoms with Crippen LogP contribution in [0.25, 0.3) is 5.69 Å². The topological polar surface area (TPSA) is 8.81 Å². The van der Waals surface area contributed by atoms with Gasteiger partial charge in [-0.3, -0.25) is 0 Å². The van der Waals surface area contributed by atoms with Gasteiger partial charge in [0.25, 0.3) is 5.82 Å². The van der Waals surface area contributed by atoms with Crippen molar-refractivity contribution in [2.75, 3.05) is 0 Å². The Morgan fingerprint density at radius 2 is 1.38 bits per heavy atom. The highest BCUT2D eigenvalue weighted by Crippen LogP contribution is 2.15. The van der Waals surface area contributed by atoms with Gasteiger partial charge in [0.05, 0.1) is 6.04 Å². The van der Waals surface area contributed by atoms with Crippen molar-refractivity contribution < 1.29 is 4.57 Å². The van der Waals surface area contributed by atoms with Crippen LogP contribution in [0.1, 0.15) is 96.8 Å². The maximum atomic E-state index is 2.43. The van der Waals surface area contributed by atoms with Gasteiger partial charge < -0.3 is 0 Å². The first-order valence-corrected chi connectivity index (χ1v) is 10.9. The minimum Gasteiger partial charge on any atom is -0.232 e. The molecule has 1 aromatic carbocycles. The number of hydrogen-bond donors (Lipinski definition) is 0. The number of hydrogen-bond acceptors (Lipinski definition) is 0. The summed E-state index contributed by atoms with van der Waals surface area (Å²) in [6.07, 6.45) is 19.6. The lowest BCUT2D eigenvalue weighted by atomic mass is 10.1. The second kappa shape index (κ2) is 11.9. The van der Waals surface area contributed by atoms with Gasteiger partial charge in [-0.15, -0.1) is 0 Å². The predicted molar refractivity (Wildman–Crippen MR) is 112 cm³/mol. The Morgan fingerprint density at radius 3 is 1.96 bits per heavy atom. The largest absolute Gasteiger partial charge is 0.261 e. The van der Waals surface area contributed by atoms with Crippen molar-refractivity contribution in [3.8, 4) is 5.69 Å². The van der Waals surface area contributed by atoms with Gasteiger partial charge in [-0.1, -0.05) is 82.9 Å². The van der Waals surface area contributed by atoms with Gasteiger partial charge in [0, 0.05) is 6.42 Å². The van der Waals surface area contributed by atoms with Crippen molar-refractivity contribution in [2.24, 2.45) is 0 Å². The van der Waals surface area contributed by atoms with Gasteiger partial charge in [-0.05, 0) is 32.4 Å². The Hall–Kier alpha value is -1.57. The van der Waals surface area contributed by atoms with Crippen LogP contribution in [0.3, 0.4) is 0 Å². The first-order chi connectivity index (χ1) is 12.7. The van der Waals surface area contributed by atoms with E-state index in [1.54, 1.807) is 0 Å². The summed E-state index contributed by atoms with van der Waals surface area (Å²) in [6.45, 7) is 6.84. The molecule has 2 heteroatoms. The summed E-state index contributed by atoms with van der Waals surface area (Å²) in [7, 11) is 0. The average molecular weight is 356 g/mol. The van der Waals surface area contributed by atoms with E-state index < -0.39 is 0 Å². The normalized spacial score (nSPS) is 11.4. The lowest BCUT2D eigenvalue weighted by Gasteiger charge is -2.08. The molecule has 0 spiro atoms. The van der Waals surface area contributed by atoms with Crippen molar-refractivity contribution in [2.45, 2.75) is 97.4 Å². The zero-order valence-corrected chi connectivity index (χ0v) is 17.3. The summed E-state index contributed by atoms with van der Waals surface area (Å²) in [6, 6.07) is 11.3. The van der Waals surface area contributed by atoms with Crippen LogP contribution in [0.2, 0.25) is 0 Å². The molecule has 0 aliphatic rings. The zero-order valence-electron chi connectivity index (χ0n) is 17.3. The lowest BCUT2D eigenvalue weighted by molar-refractivity contribution is -0.722. The molecule has 0 radical (unpaired) electrons. The van der Waals surface area contributed by atoms with Crippen molar-refractivity contribution >= 4 is 0 Å². The van der Waals surface area contributed by atoms with E-state index in [4.69, 9.17) is 0 Å². The van der Waals surface area contributed by atoms with Gasteiger partial charge in [-0.2, -0.15) is 4.57 Å². The molecule has 0 fully saturated rings. The number of para-hydroxylation sites is 1. The monoisotopic (exact) mass is 355 g/mol. The number of aromatic nitrogens is 2. The number of imidazole rings is 1. The quantitative estimate of drug-likeness (QED) is 0.276. The highest BCUT2D eigenvalue weighted by Gasteiger charge is 2.20. The van der Waals surface area contributed by atoms with E-state index in [2.05, 4.69) is 72.6 Å². The van der Waals surface area contributed by atoms with Crippen molar-refractivity contribution in [1.29, 1.82) is 0 Å². The van der Waals surface area contributed by atoms with E-state index in [0.717, 1.165) is 6.42 Å². The number of rotatable bonds is 13. The van der Waals surface area contributed by atoms with Crippen LogP contribution in [0, 0.1) is 0 Å². The molecule has 1 heterocycles. The molecule has 0 atom stereocenters. The SMILES string of the molecule is CCCCCCCCCCCCc1n(-c2ccccc2)cc[n+]1C(C)C. The van der Waals surface area contributed by atoms with Gasteiger partial charge in [0.1, 0.15) is 18.1 Å². The third kappa shape index (κ3) is 6.63. The van der Waals surface area contributed by atoms with Crippen molar-refractivity contribution in [1.82, 2.24) is 4.57 Å². The Kier molecular flexibility index (Phi) is 9.52. The molecule has 0 aliphatic heterocycles. The minimum atomic E-state index is 0.512. The molecule has 144 valence electrons. The first-order valence-electron chi connectivity index (χ1n) is 10.9. The van der Waals surface area contributed by atoms with E-state index in [0.29, 0.717) is 6.04 Å². The van der Waals surface area contributed by atoms with E-state index in [1.165, 1.54) is 75.7 Å². The number of benzene rings is 1. The Labute approximate surface area is 161 Å². The predicted octanol–water partition coefficient (Wildman–Crippen LogP) is 6.81. The molecule has 0 saturated heterocycles. The van der Waals surface area contributed by atoms with Gasteiger partial charge in [-0.25, -0.2) is 4.57 Å². The molecule has 0 unspecified atom stereocenters. The highest BCUT2D eigenvalue weighted by atomic mass is 15.2. The molecule has 26 heavy (non-hydrogen) atoms. The second-order valence-corrected chi connectivity index (χ2v) is 7.85. The second-order valence-electron chi connectivity index (χ2n) is 7.85. The Morgan fingerprint density at radius 1 is 0.808 bits per heavy atom. The molecule has 0 bridgehead atoms. The maximum absolute atomic E-state index is 2.43. The summed E-state index contributed by atoms with van der Waals surface area (Å²) >= 11 is 0. The summed E-state index contributed by atoms with van der Waals surface area (Å²) in [5.41, 5.74) is 1.27. The highest BCUT2D eigenvalue weighted by molar-refractivity contribution is 5.31. The molecule has 1 aromatic heterocycles. The Balaban J connectivity index is 1.77.